The Kier molecular flexibility index (Phi) is 3.87. The van der Waals surface area contributed by atoms with Gasteiger partial charge in [0.05, 0.1) is 24.4 Å². The second-order valence-electron chi connectivity index (χ2n) is 6.81. The van der Waals surface area contributed by atoms with Gasteiger partial charge in [0.2, 0.25) is 5.95 Å². The smallest absolute Gasteiger partial charge is 0.236 e. The summed E-state index contributed by atoms with van der Waals surface area (Å²) in [6.45, 7) is 3.89. The topological polar surface area (TPSA) is 52.0 Å². The van der Waals surface area contributed by atoms with Gasteiger partial charge in [-0.25, -0.2) is 4.98 Å². The second kappa shape index (κ2) is 6.52. The van der Waals surface area contributed by atoms with Crippen molar-refractivity contribution in [2.24, 2.45) is 0 Å². The van der Waals surface area contributed by atoms with Crippen LogP contribution in [0.2, 0.25) is 0 Å². The van der Waals surface area contributed by atoms with E-state index in [9.17, 15) is 0 Å². The van der Waals surface area contributed by atoms with E-state index >= 15 is 0 Å². The van der Waals surface area contributed by atoms with E-state index in [1.807, 2.05) is 24.3 Å². The first-order chi connectivity index (χ1) is 13.3. The SMILES string of the molecule is Cc1cc2ccccc2n1-c1nc2c(c(NCc3ccccc3)n1)COC2. The largest absolute Gasteiger partial charge is 0.370 e. The summed E-state index contributed by atoms with van der Waals surface area (Å²) in [6.07, 6.45) is 0. The van der Waals surface area contributed by atoms with Crippen molar-refractivity contribution in [1.29, 1.82) is 0 Å². The minimum absolute atomic E-state index is 0.531. The third-order valence-electron chi connectivity index (χ3n) is 4.96. The zero-order valence-electron chi connectivity index (χ0n) is 15.1. The third-order valence-corrected chi connectivity index (χ3v) is 4.96. The Bertz CT molecular complexity index is 1120. The second-order valence-corrected chi connectivity index (χ2v) is 6.81. The van der Waals surface area contributed by atoms with Crippen LogP contribution in [0.25, 0.3) is 16.9 Å². The highest BCUT2D eigenvalue weighted by Crippen LogP contribution is 2.28. The van der Waals surface area contributed by atoms with Crippen LogP contribution < -0.4 is 5.32 Å². The van der Waals surface area contributed by atoms with E-state index in [-0.39, 0.29) is 0 Å². The van der Waals surface area contributed by atoms with Crippen molar-refractivity contribution < 1.29 is 4.74 Å². The van der Waals surface area contributed by atoms with Gasteiger partial charge < -0.3 is 10.1 Å². The monoisotopic (exact) mass is 356 g/mol. The van der Waals surface area contributed by atoms with Crippen LogP contribution >= 0.6 is 0 Å². The molecule has 134 valence electrons. The molecular formula is C22H20N4O. The molecule has 0 aliphatic carbocycles. The van der Waals surface area contributed by atoms with Crippen molar-refractivity contribution in [1.82, 2.24) is 14.5 Å². The summed E-state index contributed by atoms with van der Waals surface area (Å²) in [5, 5.41) is 4.68. The number of rotatable bonds is 4. The van der Waals surface area contributed by atoms with Gasteiger partial charge in [0.25, 0.3) is 0 Å². The predicted molar refractivity (Wildman–Crippen MR) is 106 cm³/mol. The van der Waals surface area contributed by atoms with Crippen LogP contribution in [0.4, 0.5) is 5.82 Å². The first kappa shape index (κ1) is 16.0. The molecule has 0 spiro atoms. The molecule has 0 radical (unpaired) electrons. The maximum Gasteiger partial charge on any atom is 0.236 e. The summed E-state index contributed by atoms with van der Waals surface area (Å²) < 4.78 is 7.76. The molecule has 2 aromatic carbocycles. The molecular weight excluding hydrogens is 336 g/mol. The Morgan fingerprint density at radius 2 is 1.81 bits per heavy atom. The number of fused-ring (bicyclic) bond motifs is 2. The average molecular weight is 356 g/mol. The van der Waals surface area contributed by atoms with E-state index in [0.717, 1.165) is 34.8 Å². The van der Waals surface area contributed by atoms with Crippen LogP contribution in [0.5, 0.6) is 0 Å². The minimum atomic E-state index is 0.531. The minimum Gasteiger partial charge on any atom is -0.370 e. The predicted octanol–water partition coefficient (Wildman–Crippen LogP) is 4.37. The highest BCUT2D eigenvalue weighted by atomic mass is 16.5. The number of benzene rings is 2. The molecule has 0 amide bonds. The lowest BCUT2D eigenvalue weighted by molar-refractivity contribution is 0.133. The number of aromatic nitrogens is 3. The molecule has 0 unspecified atom stereocenters. The van der Waals surface area contributed by atoms with E-state index < -0.39 is 0 Å². The van der Waals surface area contributed by atoms with Gasteiger partial charge in [0.15, 0.2) is 0 Å². The number of anilines is 1. The molecule has 4 aromatic rings. The number of ether oxygens (including phenoxy) is 1. The van der Waals surface area contributed by atoms with Crippen molar-refractivity contribution >= 4 is 16.7 Å². The number of hydrogen-bond acceptors (Lipinski definition) is 4. The Labute approximate surface area is 157 Å². The van der Waals surface area contributed by atoms with E-state index in [4.69, 9.17) is 14.7 Å². The summed E-state index contributed by atoms with van der Waals surface area (Å²) in [5.41, 5.74) is 5.47. The van der Waals surface area contributed by atoms with Gasteiger partial charge in [-0.15, -0.1) is 0 Å². The lowest BCUT2D eigenvalue weighted by Crippen LogP contribution is -2.11. The molecule has 3 heterocycles. The molecule has 27 heavy (non-hydrogen) atoms. The van der Waals surface area contributed by atoms with Crippen molar-refractivity contribution in [2.45, 2.75) is 26.7 Å². The maximum atomic E-state index is 5.65. The van der Waals surface area contributed by atoms with E-state index in [0.29, 0.717) is 19.2 Å². The summed E-state index contributed by atoms with van der Waals surface area (Å²) in [4.78, 5) is 9.68. The molecule has 1 aliphatic heterocycles. The van der Waals surface area contributed by atoms with Crippen LogP contribution in [0.3, 0.4) is 0 Å². The zero-order valence-corrected chi connectivity index (χ0v) is 15.1. The third kappa shape index (κ3) is 2.86. The Morgan fingerprint density at radius 1 is 1.00 bits per heavy atom. The molecule has 5 heteroatoms. The average Bonchev–Trinajstić information content (AvgIpc) is 3.30. The molecule has 0 fully saturated rings. The van der Waals surface area contributed by atoms with E-state index in [1.54, 1.807) is 0 Å². The Morgan fingerprint density at radius 3 is 2.70 bits per heavy atom. The molecule has 0 saturated heterocycles. The molecule has 1 N–H and O–H groups in total. The van der Waals surface area contributed by atoms with E-state index in [2.05, 4.69) is 53.2 Å². The number of nitrogens with one attached hydrogen (secondary N) is 1. The molecule has 1 aliphatic rings. The zero-order chi connectivity index (χ0) is 18.2. The van der Waals surface area contributed by atoms with Crippen molar-refractivity contribution in [3.8, 4) is 5.95 Å². The first-order valence-electron chi connectivity index (χ1n) is 9.12. The van der Waals surface area contributed by atoms with Gasteiger partial charge in [-0.2, -0.15) is 4.98 Å². The number of para-hydroxylation sites is 1. The van der Waals surface area contributed by atoms with Gasteiger partial charge >= 0.3 is 0 Å². The van der Waals surface area contributed by atoms with Gasteiger partial charge in [-0.3, -0.25) is 4.57 Å². The van der Waals surface area contributed by atoms with E-state index in [1.165, 1.54) is 10.9 Å². The summed E-state index contributed by atoms with van der Waals surface area (Å²) >= 11 is 0. The summed E-state index contributed by atoms with van der Waals surface area (Å²) in [7, 11) is 0. The van der Waals surface area contributed by atoms with Crippen LogP contribution in [0.15, 0.2) is 60.7 Å². The fraction of sp³-hybridized carbons (Fsp3) is 0.182. The fourth-order valence-corrected chi connectivity index (χ4v) is 3.62. The van der Waals surface area contributed by atoms with Gasteiger partial charge in [0, 0.05) is 23.2 Å². The van der Waals surface area contributed by atoms with Crippen LogP contribution in [-0.2, 0) is 24.5 Å². The number of nitrogens with zero attached hydrogens (tertiary/aromatic N) is 3. The molecule has 5 nitrogen and oxygen atoms in total. The van der Waals surface area contributed by atoms with Crippen molar-refractivity contribution in [2.75, 3.05) is 5.32 Å². The van der Waals surface area contributed by atoms with Crippen LogP contribution in [0.1, 0.15) is 22.5 Å². The highest BCUT2D eigenvalue weighted by molar-refractivity contribution is 5.82. The van der Waals surface area contributed by atoms with Crippen molar-refractivity contribution in [3.63, 3.8) is 0 Å². The Balaban J connectivity index is 1.58. The Hall–Kier alpha value is -3.18. The molecule has 0 atom stereocenters. The van der Waals surface area contributed by atoms with Gasteiger partial charge in [0.1, 0.15) is 5.82 Å². The fourth-order valence-electron chi connectivity index (χ4n) is 3.62. The standard InChI is InChI=1S/C22H20N4O/c1-15-11-17-9-5-6-10-20(17)26(15)22-24-19-14-27-13-18(19)21(25-22)23-12-16-7-3-2-4-8-16/h2-11H,12-14H2,1H3,(H,23,24,25). The van der Waals surface area contributed by atoms with Crippen LogP contribution in [-0.4, -0.2) is 14.5 Å². The van der Waals surface area contributed by atoms with Crippen molar-refractivity contribution in [3.05, 3.63) is 83.2 Å². The van der Waals surface area contributed by atoms with Crippen LogP contribution in [0, 0.1) is 6.92 Å². The first-order valence-corrected chi connectivity index (χ1v) is 9.12. The highest BCUT2D eigenvalue weighted by Gasteiger charge is 2.21. The molecule has 2 aromatic heterocycles. The number of aryl methyl sites for hydroxylation is 1. The maximum absolute atomic E-state index is 5.65. The van der Waals surface area contributed by atoms with Gasteiger partial charge in [-0.05, 0) is 24.6 Å². The normalized spacial score (nSPS) is 13.1. The lowest BCUT2D eigenvalue weighted by atomic mass is 10.2. The quantitative estimate of drug-likeness (QED) is 0.590. The summed E-state index contributed by atoms with van der Waals surface area (Å²) in [5.74, 6) is 1.54. The molecule has 0 saturated carbocycles. The molecule has 0 bridgehead atoms. The van der Waals surface area contributed by atoms with Gasteiger partial charge in [-0.1, -0.05) is 48.5 Å². The summed E-state index contributed by atoms with van der Waals surface area (Å²) in [6, 6.07) is 20.8. The number of hydrogen-bond donors (Lipinski definition) is 1. The molecule has 5 rings (SSSR count). The lowest BCUT2D eigenvalue weighted by Gasteiger charge is -2.13.